The number of aryl methyl sites for hydroxylation is 1. The van der Waals surface area contributed by atoms with E-state index >= 15 is 0 Å². The van der Waals surface area contributed by atoms with E-state index in [1.807, 2.05) is 43.3 Å². The number of nitrogens with one attached hydrogen (secondary N) is 1. The van der Waals surface area contributed by atoms with E-state index in [1.54, 1.807) is 0 Å². The largest absolute Gasteiger partial charge is 0.494 e. The van der Waals surface area contributed by atoms with Crippen molar-refractivity contribution in [3.63, 3.8) is 0 Å². The lowest BCUT2D eigenvalue weighted by Crippen LogP contribution is -2.25. The predicted molar refractivity (Wildman–Crippen MR) is 92.4 cm³/mol. The minimum Gasteiger partial charge on any atom is -0.494 e. The standard InChI is InChI=1S/C18H20BrNO2/c1-2-22-15-11-9-14(10-12-15)6-5-13-20-18(21)16-7-3-4-8-17(16)19/h3-4,7-12H,2,5-6,13H2,1H3,(H,20,21). The van der Waals surface area contributed by atoms with Crippen LogP contribution in [-0.2, 0) is 6.42 Å². The monoisotopic (exact) mass is 361 g/mol. The summed E-state index contributed by atoms with van der Waals surface area (Å²) in [6, 6.07) is 15.5. The number of benzene rings is 2. The van der Waals surface area contributed by atoms with Gasteiger partial charge in [0.15, 0.2) is 0 Å². The van der Waals surface area contributed by atoms with E-state index in [0.717, 1.165) is 23.1 Å². The molecule has 116 valence electrons. The smallest absolute Gasteiger partial charge is 0.252 e. The maximum absolute atomic E-state index is 12.0. The Morgan fingerprint density at radius 3 is 2.55 bits per heavy atom. The highest BCUT2D eigenvalue weighted by molar-refractivity contribution is 9.10. The molecule has 0 spiro atoms. The normalized spacial score (nSPS) is 10.3. The van der Waals surface area contributed by atoms with E-state index in [-0.39, 0.29) is 5.91 Å². The van der Waals surface area contributed by atoms with Gasteiger partial charge in [0, 0.05) is 11.0 Å². The van der Waals surface area contributed by atoms with Crippen molar-refractivity contribution < 1.29 is 9.53 Å². The van der Waals surface area contributed by atoms with Crippen LogP contribution in [0.5, 0.6) is 5.75 Å². The van der Waals surface area contributed by atoms with Crippen LogP contribution in [0.2, 0.25) is 0 Å². The lowest BCUT2D eigenvalue weighted by atomic mass is 10.1. The molecule has 22 heavy (non-hydrogen) atoms. The molecule has 2 rings (SSSR count). The molecule has 0 aromatic heterocycles. The van der Waals surface area contributed by atoms with Gasteiger partial charge in [0.1, 0.15) is 5.75 Å². The molecule has 0 radical (unpaired) electrons. The zero-order valence-corrected chi connectivity index (χ0v) is 14.2. The fourth-order valence-electron chi connectivity index (χ4n) is 2.15. The first-order valence-electron chi connectivity index (χ1n) is 7.45. The molecule has 2 aromatic carbocycles. The quantitative estimate of drug-likeness (QED) is 0.750. The molecule has 1 amide bonds. The Morgan fingerprint density at radius 1 is 1.14 bits per heavy atom. The second-order valence-corrected chi connectivity index (χ2v) is 5.77. The molecule has 0 heterocycles. The molecule has 0 aliphatic rings. The molecule has 0 unspecified atom stereocenters. The first-order chi connectivity index (χ1) is 10.7. The average molecular weight is 362 g/mol. The van der Waals surface area contributed by atoms with E-state index in [9.17, 15) is 4.79 Å². The van der Waals surface area contributed by atoms with Crippen LogP contribution in [0.1, 0.15) is 29.3 Å². The third-order valence-electron chi connectivity index (χ3n) is 3.28. The Balaban J connectivity index is 1.75. The molecule has 1 N–H and O–H groups in total. The lowest BCUT2D eigenvalue weighted by Gasteiger charge is -2.07. The van der Waals surface area contributed by atoms with Crippen molar-refractivity contribution in [3.05, 3.63) is 64.1 Å². The van der Waals surface area contributed by atoms with Crippen molar-refractivity contribution in [2.45, 2.75) is 19.8 Å². The number of halogens is 1. The van der Waals surface area contributed by atoms with Gasteiger partial charge < -0.3 is 10.1 Å². The summed E-state index contributed by atoms with van der Waals surface area (Å²) in [7, 11) is 0. The Morgan fingerprint density at radius 2 is 1.86 bits per heavy atom. The molecule has 2 aromatic rings. The number of carbonyl (C=O) groups is 1. The van der Waals surface area contributed by atoms with Gasteiger partial charge in [0.2, 0.25) is 0 Å². The number of carbonyl (C=O) groups excluding carboxylic acids is 1. The topological polar surface area (TPSA) is 38.3 Å². The third kappa shape index (κ3) is 4.88. The van der Waals surface area contributed by atoms with Gasteiger partial charge in [0.25, 0.3) is 5.91 Å². The molecule has 0 saturated heterocycles. The molecule has 0 atom stereocenters. The van der Waals surface area contributed by atoms with Crippen LogP contribution in [-0.4, -0.2) is 19.1 Å². The summed E-state index contributed by atoms with van der Waals surface area (Å²) in [5.41, 5.74) is 1.92. The lowest BCUT2D eigenvalue weighted by molar-refractivity contribution is 0.0952. The number of ether oxygens (including phenoxy) is 1. The molecular formula is C18H20BrNO2. The summed E-state index contributed by atoms with van der Waals surface area (Å²) in [6.45, 7) is 3.31. The van der Waals surface area contributed by atoms with Crippen molar-refractivity contribution in [2.75, 3.05) is 13.2 Å². The van der Waals surface area contributed by atoms with Gasteiger partial charge in [-0.25, -0.2) is 0 Å². The predicted octanol–water partition coefficient (Wildman–Crippen LogP) is 4.21. The maximum atomic E-state index is 12.0. The van der Waals surface area contributed by atoms with Crippen LogP contribution in [0.4, 0.5) is 0 Å². The zero-order chi connectivity index (χ0) is 15.8. The van der Waals surface area contributed by atoms with Gasteiger partial charge in [-0.2, -0.15) is 0 Å². The molecular weight excluding hydrogens is 342 g/mol. The minimum atomic E-state index is -0.0424. The highest BCUT2D eigenvalue weighted by Crippen LogP contribution is 2.16. The van der Waals surface area contributed by atoms with Gasteiger partial charge in [-0.15, -0.1) is 0 Å². The van der Waals surface area contributed by atoms with Crippen molar-refractivity contribution in [2.24, 2.45) is 0 Å². The van der Waals surface area contributed by atoms with Crippen molar-refractivity contribution in [3.8, 4) is 5.75 Å². The highest BCUT2D eigenvalue weighted by atomic mass is 79.9. The van der Waals surface area contributed by atoms with Crippen LogP contribution < -0.4 is 10.1 Å². The SMILES string of the molecule is CCOc1ccc(CCCNC(=O)c2ccccc2Br)cc1. The molecule has 0 bridgehead atoms. The Hall–Kier alpha value is -1.81. The summed E-state index contributed by atoms with van der Waals surface area (Å²) in [5.74, 6) is 0.854. The van der Waals surface area contributed by atoms with Crippen LogP contribution in [0.3, 0.4) is 0 Å². The van der Waals surface area contributed by atoms with E-state index in [4.69, 9.17) is 4.74 Å². The van der Waals surface area contributed by atoms with Gasteiger partial charge in [-0.1, -0.05) is 24.3 Å². The summed E-state index contributed by atoms with van der Waals surface area (Å²) in [6.07, 6.45) is 1.84. The van der Waals surface area contributed by atoms with E-state index in [0.29, 0.717) is 18.7 Å². The zero-order valence-electron chi connectivity index (χ0n) is 12.6. The summed E-state index contributed by atoms with van der Waals surface area (Å²) < 4.78 is 6.24. The third-order valence-corrected chi connectivity index (χ3v) is 3.97. The van der Waals surface area contributed by atoms with Gasteiger partial charge >= 0.3 is 0 Å². The molecule has 0 aliphatic heterocycles. The van der Waals surface area contributed by atoms with Crippen LogP contribution in [0.15, 0.2) is 53.0 Å². The molecule has 0 aliphatic carbocycles. The van der Waals surface area contributed by atoms with E-state index in [2.05, 4.69) is 33.4 Å². The summed E-state index contributed by atoms with van der Waals surface area (Å²) >= 11 is 3.39. The molecule has 0 saturated carbocycles. The number of amides is 1. The first-order valence-corrected chi connectivity index (χ1v) is 8.24. The van der Waals surface area contributed by atoms with Gasteiger partial charge in [-0.05, 0) is 65.5 Å². The van der Waals surface area contributed by atoms with Gasteiger partial charge in [-0.3, -0.25) is 4.79 Å². The number of rotatable bonds is 7. The van der Waals surface area contributed by atoms with Crippen LogP contribution >= 0.6 is 15.9 Å². The number of hydrogen-bond acceptors (Lipinski definition) is 2. The minimum absolute atomic E-state index is 0.0424. The summed E-state index contributed by atoms with van der Waals surface area (Å²) in [5, 5.41) is 2.95. The van der Waals surface area contributed by atoms with Crippen molar-refractivity contribution in [1.29, 1.82) is 0 Å². The van der Waals surface area contributed by atoms with Crippen molar-refractivity contribution >= 4 is 21.8 Å². The highest BCUT2D eigenvalue weighted by Gasteiger charge is 2.07. The van der Waals surface area contributed by atoms with E-state index in [1.165, 1.54) is 5.56 Å². The second-order valence-electron chi connectivity index (χ2n) is 4.92. The Bertz CT molecular complexity index is 611. The summed E-state index contributed by atoms with van der Waals surface area (Å²) in [4.78, 5) is 12.0. The Labute approximate surface area is 139 Å². The van der Waals surface area contributed by atoms with Gasteiger partial charge in [0.05, 0.1) is 12.2 Å². The maximum Gasteiger partial charge on any atom is 0.252 e. The molecule has 3 nitrogen and oxygen atoms in total. The first kappa shape index (κ1) is 16.6. The second kappa shape index (κ2) is 8.59. The fraction of sp³-hybridized carbons (Fsp3) is 0.278. The average Bonchev–Trinajstić information content (AvgIpc) is 2.53. The molecule has 4 heteroatoms. The Kier molecular flexibility index (Phi) is 6.46. The van der Waals surface area contributed by atoms with E-state index < -0.39 is 0 Å². The van der Waals surface area contributed by atoms with Crippen LogP contribution in [0.25, 0.3) is 0 Å². The molecule has 0 fully saturated rings. The fourth-order valence-corrected chi connectivity index (χ4v) is 2.62. The number of hydrogen-bond donors (Lipinski definition) is 1. The van der Waals surface area contributed by atoms with Crippen molar-refractivity contribution in [1.82, 2.24) is 5.32 Å². The van der Waals surface area contributed by atoms with Crippen LogP contribution in [0, 0.1) is 0 Å².